The Morgan fingerprint density at radius 2 is 2.18 bits per heavy atom. The van der Waals surface area contributed by atoms with Crippen molar-refractivity contribution in [3.05, 3.63) is 35.5 Å². The van der Waals surface area contributed by atoms with Crippen molar-refractivity contribution >= 4 is 23.6 Å². The SMILES string of the molecule is CCOC(=O)C1=Cc2ccccc2N=C(C)N1. The molecule has 0 amide bonds. The number of para-hydroxylation sites is 1. The van der Waals surface area contributed by atoms with Gasteiger partial charge in [0.05, 0.1) is 12.3 Å². The van der Waals surface area contributed by atoms with E-state index in [1.807, 2.05) is 31.2 Å². The number of hydrogen-bond donors (Lipinski definition) is 1. The zero-order chi connectivity index (χ0) is 12.3. The number of ether oxygens (including phenoxy) is 1. The number of rotatable bonds is 2. The fourth-order valence-corrected chi connectivity index (χ4v) is 1.63. The smallest absolute Gasteiger partial charge is 0.354 e. The number of carbonyl (C=O) groups excluding carboxylic acids is 1. The molecular weight excluding hydrogens is 216 g/mol. The number of carbonyl (C=O) groups is 1. The first-order chi connectivity index (χ1) is 8.20. The Hall–Kier alpha value is -2.10. The lowest BCUT2D eigenvalue weighted by molar-refractivity contribution is -0.138. The van der Waals surface area contributed by atoms with E-state index in [4.69, 9.17) is 4.74 Å². The molecule has 1 aromatic rings. The van der Waals surface area contributed by atoms with Crippen LogP contribution in [0.25, 0.3) is 6.08 Å². The Morgan fingerprint density at radius 1 is 1.41 bits per heavy atom. The molecule has 1 aliphatic rings. The molecule has 1 N–H and O–H groups in total. The third kappa shape index (κ3) is 2.53. The lowest BCUT2D eigenvalue weighted by atomic mass is 10.1. The van der Waals surface area contributed by atoms with Gasteiger partial charge >= 0.3 is 5.97 Å². The van der Waals surface area contributed by atoms with Crippen LogP contribution < -0.4 is 5.32 Å². The van der Waals surface area contributed by atoms with Crippen molar-refractivity contribution in [2.75, 3.05) is 6.61 Å². The lowest BCUT2D eigenvalue weighted by Gasteiger charge is -2.07. The lowest BCUT2D eigenvalue weighted by Crippen LogP contribution is -2.25. The third-order valence-electron chi connectivity index (χ3n) is 2.34. The number of nitrogens with zero attached hydrogens (tertiary/aromatic N) is 1. The van der Waals surface area contributed by atoms with E-state index in [2.05, 4.69) is 10.3 Å². The Labute approximate surface area is 100 Å². The molecule has 2 rings (SSSR count). The molecule has 0 aromatic heterocycles. The number of amidine groups is 1. The maximum atomic E-state index is 11.7. The van der Waals surface area contributed by atoms with Gasteiger partial charge in [-0.25, -0.2) is 9.79 Å². The average molecular weight is 230 g/mol. The van der Waals surface area contributed by atoms with Gasteiger partial charge in [-0.15, -0.1) is 0 Å². The van der Waals surface area contributed by atoms with E-state index in [9.17, 15) is 4.79 Å². The van der Waals surface area contributed by atoms with Crippen molar-refractivity contribution < 1.29 is 9.53 Å². The molecule has 88 valence electrons. The summed E-state index contributed by atoms with van der Waals surface area (Å²) in [6.45, 7) is 3.95. The number of fused-ring (bicyclic) bond motifs is 1. The molecule has 0 radical (unpaired) electrons. The van der Waals surface area contributed by atoms with Gasteiger partial charge in [0, 0.05) is 5.56 Å². The minimum Gasteiger partial charge on any atom is -0.461 e. The van der Waals surface area contributed by atoms with Crippen molar-refractivity contribution in [3.63, 3.8) is 0 Å². The molecule has 0 atom stereocenters. The van der Waals surface area contributed by atoms with E-state index in [0.717, 1.165) is 11.3 Å². The molecule has 4 heteroatoms. The van der Waals surface area contributed by atoms with Crippen molar-refractivity contribution in [1.29, 1.82) is 0 Å². The second-order valence-electron chi connectivity index (χ2n) is 3.66. The van der Waals surface area contributed by atoms with Crippen LogP contribution in [0.1, 0.15) is 19.4 Å². The first kappa shape index (κ1) is 11.4. The Morgan fingerprint density at radius 3 is 2.94 bits per heavy atom. The summed E-state index contributed by atoms with van der Waals surface area (Å²) >= 11 is 0. The van der Waals surface area contributed by atoms with Crippen molar-refractivity contribution in [2.45, 2.75) is 13.8 Å². The van der Waals surface area contributed by atoms with E-state index in [1.54, 1.807) is 13.0 Å². The highest BCUT2D eigenvalue weighted by Crippen LogP contribution is 2.23. The molecule has 0 bridgehead atoms. The molecule has 1 aromatic carbocycles. The van der Waals surface area contributed by atoms with E-state index in [-0.39, 0.29) is 5.97 Å². The van der Waals surface area contributed by atoms with E-state index < -0.39 is 0 Å². The fraction of sp³-hybridized carbons (Fsp3) is 0.231. The summed E-state index contributed by atoms with van der Waals surface area (Å²) < 4.78 is 4.98. The Balaban J connectivity index is 2.41. The van der Waals surface area contributed by atoms with Crippen LogP contribution in [0.2, 0.25) is 0 Å². The van der Waals surface area contributed by atoms with Crippen LogP contribution in [0.5, 0.6) is 0 Å². The van der Waals surface area contributed by atoms with E-state index in [0.29, 0.717) is 18.1 Å². The number of esters is 1. The summed E-state index contributed by atoms with van der Waals surface area (Å²) in [5, 5.41) is 2.95. The summed E-state index contributed by atoms with van der Waals surface area (Å²) in [4.78, 5) is 16.1. The average Bonchev–Trinajstić information content (AvgIpc) is 2.47. The maximum absolute atomic E-state index is 11.7. The minimum atomic E-state index is -0.362. The summed E-state index contributed by atoms with van der Waals surface area (Å²) in [6.07, 6.45) is 1.76. The summed E-state index contributed by atoms with van der Waals surface area (Å²) in [5.41, 5.74) is 2.16. The molecule has 17 heavy (non-hydrogen) atoms. The third-order valence-corrected chi connectivity index (χ3v) is 2.34. The van der Waals surface area contributed by atoms with Gasteiger partial charge in [-0.2, -0.15) is 0 Å². The summed E-state index contributed by atoms with van der Waals surface area (Å²) in [6, 6.07) is 7.65. The predicted octanol–water partition coefficient (Wildman–Crippen LogP) is 2.24. The van der Waals surface area contributed by atoms with Gasteiger partial charge < -0.3 is 10.1 Å². The Kier molecular flexibility index (Phi) is 3.23. The van der Waals surface area contributed by atoms with E-state index in [1.165, 1.54) is 0 Å². The molecule has 0 saturated carbocycles. The zero-order valence-corrected chi connectivity index (χ0v) is 9.86. The largest absolute Gasteiger partial charge is 0.461 e. The van der Waals surface area contributed by atoms with E-state index >= 15 is 0 Å². The Bertz CT molecular complexity index is 504. The van der Waals surface area contributed by atoms with Gasteiger partial charge in [0.2, 0.25) is 0 Å². The van der Waals surface area contributed by atoms with Gasteiger partial charge in [0.25, 0.3) is 0 Å². The molecule has 1 heterocycles. The van der Waals surface area contributed by atoms with Gasteiger partial charge in [-0.3, -0.25) is 0 Å². The second kappa shape index (κ2) is 4.82. The molecule has 0 unspecified atom stereocenters. The fourth-order valence-electron chi connectivity index (χ4n) is 1.63. The molecule has 4 nitrogen and oxygen atoms in total. The summed E-state index contributed by atoms with van der Waals surface area (Å²) in [5.74, 6) is 0.313. The molecule has 0 aliphatic carbocycles. The van der Waals surface area contributed by atoms with Gasteiger partial charge in [-0.1, -0.05) is 18.2 Å². The van der Waals surface area contributed by atoms with Crippen molar-refractivity contribution in [1.82, 2.24) is 5.32 Å². The zero-order valence-electron chi connectivity index (χ0n) is 9.86. The first-order valence-electron chi connectivity index (χ1n) is 5.51. The number of nitrogens with one attached hydrogen (secondary N) is 1. The molecular formula is C13H14N2O2. The van der Waals surface area contributed by atoms with Gasteiger partial charge in [-0.05, 0) is 26.0 Å². The molecule has 1 aliphatic heterocycles. The second-order valence-corrected chi connectivity index (χ2v) is 3.66. The number of benzene rings is 1. The topological polar surface area (TPSA) is 50.7 Å². The molecule has 0 fully saturated rings. The van der Waals surface area contributed by atoms with Crippen LogP contribution in [0.15, 0.2) is 35.0 Å². The predicted molar refractivity (Wildman–Crippen MR) is 67.0 cm³/mol. The maximum Gasteiger partial charge on any atom is 0.354 e. The summed E-state index contributed by atoms with van der Waals surface area (Å²) in [7, 11) is 0. The highest BCUT2D eigenvalue weighted by molar-refractivity contribution is 6.01. The standard InChI is InChI=1S/C13H14N2O2/c1-3-17-13(16)12-8-10-6-4-5-7-11(10)14-9(2)15-12/h4-8H,3H2,1-2H3,(H,14,15). The van der Waals surface area contributed by atoms with Crippen LogP contribution in [-0.4, -0.2) is 18.4 Å². The van der Waals surface area contributed by atoms with Gasteiger partial charge in [0.1, 0.15) is 11.5 Å². The highest BCUT2D eigenvalue weighted by atomic mass is 16.5. The quantitative estimate of drug-likeness (QED) is 0.793. The van der Waals surface area contributed by atoms with Crippen LogP contribution >= 0.6 is 0 Å². The highest BCUT2D eigenvalue weighted by Gasteiger charge is 2.15. The van der Waals surface area contributed by atoms with Crippen LogP contribution in [-0.2, 0) is 9.53 Å². The van der Waals surface area contributed by atoms with Crippen molar-refractivity contribution in [2.24, 2.45) is 4.99 Å². The van der Waals surface area contributed by atoms with Crippen LogP contribution in [0, 0.1) is 0 Å². The molecule has 0 saturated heterocycles. The molecule has 0 spiro atoms. The first-order valence-corrected chi connectivity index (χ1v) is 5.51. The van der Waals surface area contributed by atoms with Crippen LogP contribution in [0.3, 0.4) is 0 Å². The van der Waals surface area contributed by atoms with Gasteiger partial charge in [0.15, 0.2) is 0 Å². The normalized spacial score (nSPS) is 13.8. The van der Waals surface area contributed by atoms with Crippen LogP contribution in [0.4, 0.5) is 5.69 Å². The van der Waals surface area contributed by atoms with Crippen molar-refractivity contribution in [3.8, 4) is 0 Å². The number of hydrogen-bond acceptors (Lipinski definition) is 4. The number of aliphatic imine (C=N–C) groups is 1. The monoisotopic (exact) mass is 230 g/mol. The minimum absolute atomic E-state index is 0.357.